The summed E-state index contributed by atoms with van der Waals surface area (Å²) in [4.78, 5) is 21.0. The van der Waals surface area contributed by atoms with Crippen LogP contribution in [-0.4, -0.2) is 45.3 Å². The maximum Gasteiger partial charge on any atom is 0.407 e. The summed E-state index contributed by atoms with van der Waals surface area (Å²) in [5.74, 6) is -0.397. The fourth-order valence-corrected chi connectivity index (χ4v) is 3.40. The monoisotopic (exact) mass is 427 g/mol. The maximum atomic E-state index is 14.4. The molecule has 1 aromatic carbocycles. The Morgan fingerprint density at radius 1 is 1.40 bits per heavy atom. The number of hydrogen-bond donors (Lipinski definition) is 2. The van der Waals surface area contributed by atoms with E-state index in [4.69, 9.17) is 21.4 Å². The largest absolute Gasteiger partial charge is 0.472 e. The van der Waals surface area contributed by atoms with Gasteiger partial charge in [0.1, 0.15) is 17.7 Å². The van der Waals surface area contributed by atoms with E-state index in [0.717, 1.165) is 0 Å². The first-order valence-corrected chi connectivity index (χ1v) is 9.39. The molecule has 2 N–H and O–H groups in total. The van der Waals surface area contributed by atoms with Crippen molar-refractivity contribution in [2.45, 2.75) is 12.5 Å². The summed E-state index contributed by atoms with van der Waals surface area (Å²) < 4.78 is 20.2. The number of rotatable bonds is 4. The number of nitrogens with zero attached hydrogens (tertiary/aromatic N) is 4. The predicted molar refractivity (Wildman–Crippen MR) is 108 cm³/mol. The minimum absolute atomic E-state index is 0.0573. The Hall–Kier alpha value is -3.64. The molecular weight excluding hydrogens is 413 g/mol. The number of nitriles is 1. The molecule has 2 aromatic heterocycles. The lowest BCUT2D eigenvalue weighted by molar-refractivity contribution is 0.144. The number of halogens is 2. The normalized spacial score (nSPS) is 15.8. The van der Waals surface area contributed by atoms with E-state index in [9.17, 15) is 14.4 Å². The number of pyridine rings is 2. The van der Waals surface area contributed by atoms with Crippen LogP contribution in [0.2, 0.25) is 5.02 Å². The number of aromatic nitrogens is 2. The number of hydrogen-bond acceptors (Lipinski definition) is 6. The van der Waals surface area contributed by atoms with Gasteiger partial charge >= 0.3 is 6.09 Å². The molecule has 10 heteroatoms. The van der Waals surface area contributed by atoms with E-state index in [1.165, 1.54) is 23.2 Å². The van der Waals surface area contributed by atoms with Gasteiger partial charge in [0, 0.05) is 25.2 Å². The highest BCUT2D eigenvalue weighted by atomic mass is 35.5. The average molecular weight is 428 g/mol. The van der Waals surface area contributed by atoms with Crippen LogP contribution in [0.3, 0.4) is 0 Å². The van der Waals surface area contributed by atoms with Gasteiger partial charge in [-0.2, -0.15) is 5.26 Å². The molecule has 0 spiro atoms. The van der Waals surface area contributed by atoms with Crippen LogP contribution in [0.1, 0.15) is 12.0 Å². The maximum absolute atomic E-state index is 14.4. The van der Waals surface area contributed by atoms with Gasteiger partial charge in [0.25, 0.3) is 0 Å². The molecule has 30 heavy (non-hydrogen) atoms. The number of carbonyl (C=O) groups is 1. The summed E-state index contributed by atoms with van der Waals surface area (Å²) in [5.41, 5.74) is 1.33. The third kappa shape index (κ3) is 3.77. The zero-order chi connectivity index (χ0) is 21.3. The summed E-state index contributed by atoms with van der Waals surface area (Å²) >= 11 is 5.85. The van der Waals surface area contributed by atoms with Crippen molar-refractivity contribution in [1.82, 2.24) is 14.9 Å². The summed E-state index contributed by atoms with van der Waals surface area (Å²) in [6.45, 7) is 0.624. The molecule has 0 saturated carbocycles. The van der Waals surface area contributed by atoms with Crippen molar-refractivity contribution in [2.75, 3.05) is 18.4 Å². The van der Waals surface area contributed by atoms with E-state index in [1.807, 2.05) is 6.07 Å². The van der Waals surface area contributed by atoms with Crippen LogP contribution >= 0.6 is 11.6 Å². The summed E-state index contributed by atoms with van der Waals surface area (Å²) in [6, 6.07) is 9.81. The van der Waals surface area contributed by atoms with Gasteiger partial charge in [0.2, 0.25) is 5.88 Å². The third-order valence-electron chi connectivity index (χ3n) is 4.72. The molecule has 3 heterocycles. The fraction of sp³-hybridized carbons (Fsp3) is 0.200. The number of nitrogens with one attached hydrogen (secondary N) is 1. The Morgan fingerprint density at radius 3 is 2.97 bits per heavy atom. The Kier molecular flexibility index (Phi) is 5.25. The van der Waals surface area contributed by atoms with Gasteiger partial charge < -0.3 is 20.1 Å². The van der Waals surface area contributed by atoms with Crippen LogP contribution in [-0.2, 0) is 0 Å². The van der Waals surface area contributed by atoms with Crippen LogP contribution in [0.15, 0.2) is 36.5 Å². The molecule has 1 aliphatic heterocycles. The zero-order valence-electron chi connectivity index (χ0n) is 15.5. The predicted octanol–water partition coefficient (Wildman–Crippen LogP) is 4.17. The van der Waals surface area contributed by atoms with Crippen molar-refractivity contribution in [1.29, 1.82) is 5.26 Å². The lowest BCUT2D eigenvalue weighted by atomic mass is 10.2. The van der Waals surface area contributed by atoms with Gasteiger partial charge in [-0.25, -0.2) is 14.2 Å². The molecule has 1 saturated heterocycles. The SMILES string of the molecule is N#Cc1cnc2ccc(O[C@H]3CCN(C(=O)O)C3)nc2c1Nc1cccc(Cl)c1F. The molecule has 0 bridgehead atoms. The molecule has 8 nitrogen and oxygen atoms in total. The minimum Gasteiger partial charge on any atom is -0.472 e. The minimum atomic E-state index is -0.995. The van der Waals surface area contributed by atoms with Gasteiger partial charge in [-0.05, 0) is 18.2 Å². The van der Waals surface area contributed by atoms with E-state index >= 15 is 0 Å². The third-order valence-corrected chi connectivity index (χ3v) is 5.01. The van der Waals surface area contributed by atoms with Crippen molar-refractivity contribution in [2.24, 2.45) is 0 Å². The molecule has 1 aliphatic rings. The molecular formula is C20H15ClFN5O3. The van der Waals surface area contributed by atoms with Crippen molar-refractivity contribution in [3.8, 4) is 11.9 Å². The number of amides is 1. The number of ether oxygens (including phenoxy) is 1. The highest BCUT2D eigenvalue weighted by Gasteiger charge is 2.27. The van der Waals surface area contributed by atoms with Crippen molar-refractivity contribution < 1.29 is 19.0 Å². The number of anilines is 2. The van der Waals surface area contributed by atoms with Crippen LogP contribution in [0.5, 0.6) is 5.88 Å². The number of carboxylic acid groups (broad SMARTS) is 1. The molecule has 152 valence electrons. The lowest BCUT2D eigenvalue weighted by Crippen LogP contribution is -2.29. The Balaban J connectivity index is 1.70. The molecule has 1 atom stereocenters. The van der Waals surface area contributed by atoms with Gasteiger partial charge in [-0.1, -0.05) is 17.7 Å². The second-order valence-corrected chi connectivity index (χ2v) is 7.07. The van der Waals surface area contributed by atoms with Gasteiger partial charge in [0.05, 0.1) is 34.0 Å². The topological polar surface area (TPSA) is 111 Å². The first-order chi connectivity index (χ1) is 14.5. The highest BCUT2D eigenvalue weighted by Crippen LogP contribution is 2.32. The summed E-state index contributed by atoms with van der Waals surface area (Å²) in [5, 5.41) is 21.4. The van der Waals surface area contributed by atoms with E-state index in [-0.39, 0.29) is 40.5 Å². The van der Waals surface area contributed by atoms with Crippen LogP contribution in [0, 0.1) is 17.1 Å². The summed E-state index contributed by atoms with van der Waals surface area (Å²) in [6.07, 6.45) is 0.587. The van der Waals surface area contributed by atoms with E-state index in [0.29, 0.717) is 24.0 Å². The molecule has 1 amide bonds. The molecule has 1 fully saturated rings. The zero-order valence-corrected chi connectivity index (χ0v) is 16.2. The number of likely N-dealkylation sites (tertiary alicyclic amines) is 1. The lowest BCUT2D eigenvalue weighted by Gasteiger charge is -2.15. The molecule has 0 unspecified atom stereocenters. The highest BCUT2D eigenvalue weighted by molar-refractivity contribution is 6.31. The standard InChI is InChI=1S/C20H15ClFN5O3/c21-13-2-1-3-14(17(13)22)25-18-11(8-23)9-24-15-4-5-16(26-19(15)18)30-12-6-7-27(10-12)20(28)29/h1-5,9,12H,6-7,10H2,(H,24,25)(H,28,29)/t12-/m0/s1. The first-order valence-electron chi connectivity index (χ1n) is 9.01. The first kappa shape index (κ1) is 19.7. The van der Waals surface area contributed by atoms with Gasteiger partial charge in [-0.15, -0.1) is 0 Å². The van der Waals surface area contributed by atoms with E-state index in [1.54, 1.807) is 18.2 Å². The van der Waals surface area contributed by atoms with Crippen LogP contribution in [0.25, 0.3) is 11.0 Å². The Morgan fingerprint density at radius 2 is 2.23 bits per heavy atom. The van der Waals surface area contributed by atoms with E-state index in [2.05, 4.69) is 15.3 Å². The smallest absolute Gasteiger partial charge is 0.407 e. The molecule has 0 aliphatic carbocycles. The Labute approximate surface area is 175 Å². The molecule has 3 aromatic rings. The Bertz CT molecular complexity index is 1180. The quantitative estimate of drug-likeness (QED) is 0.642. The molecule has 4 rings (SSSR count). The molecule has 0 radical (unpaired) electrons. The number of benzene rings is 1. The van der Waals surface area contributed by atoms with E-state index < -0.39 is 11.9 Å². The van der Waals surface area contributed by atoms with Gasteiger partial charge in [-0.3, -0.25) is 4.98 Å². The average Bonchev–Trinajstić information content (AvgIpc) is 3.20. The van der Waals surface area contributed by atoms with Crippen molar-refractivity contribution >= 4 is 40.1 Å². The van der Waals surface area contributed by atoms with Crippen molar-refractivity contribution in [3.63, 3.8) is 0 Å². The second kappa shape index (κ2) is 8.00. The van der Waals surface area contributed by atoms with Crippen molar-refractivity contribution in [3.05, 3.63) is 52.9 Å². The number of fused-ring (bicyclic) bond motifs is 1. The van der Waals surface area contributed by atoms with Gasteiger partial charge in [0.15, 0.2) is 5.82 Å². The summed E-state index contributed by atoms with van der Waals surface area (Å²) in [7, 11) is 0. The fourth-order valence-electron chi connectivity index (χ4n) is 3.23. The second-order valence-electron chi connectivity index (χ2n) is 6.66. The van der Waals surface area contributed by atoms with Crippen LogP contribution < -0.4 is 10.1 Å². The van der Waals surface area contributed by atoms with Crippen LogP contribution in [0.4, 0.5) is 20.6 Å².